The minimum Gasteiger partial charge on any atom is -0.481 e. The number of piperidine rings is 1. The highest BCUT2D eigenvalue weighted by atomic mass is 16.4. The molecule has 132 valence electrons. The lowest BCUT2D eigenvalue weighted by Gasteiger charge is -2.32. The van der Waals surface area contributed by atoms with Crippen molar-refractivity contribution in [1.82, 2.24) is 14.3 Å². The number of carboxylic acids is 1. The van der Waals surface area contributed by atoms with Crippen molar-refractivity contribution in [3.8, 4) is 0 Å². The molecule has 1 amide bonds. The summed E-state index contributed by atoms with van der Waals surface area (Å²) in [6, 6.07) is 3.59. The predicted octanol–water partition coefficient (Wildman–Crippen LogP) is 1.72. The molecule has 0 aromatic carbocycles. The molecule has 0 radical (unpaired) electrons. The van der Waals surface area contributed by atoms with Crippen molar-refractivity contribution < 1.29 is 14.7 Å². The normalized spacial score (nSPS) is 17.6. The second-order valence-corrected chi connectivity index (χ2v) is 6.60. The van der Waals surface area contributed by atoms with Gasteiger partial charge in [0, 0.05) is 31.9 Å². The fourth-order valence-electron chi connectivity index (χ4n) is 3.31. The minimum absolute atomic E-state index is 0.0558. The average Bonchev–Trinajstić information content (AvgIpc) is 2.60. The second-order valence-electron chi connectivity index (χ2n) is 6.60. The number of likely N-dealkylation sites (tertiary alicyclic amines) is 1. The molecule has 1 atom stereocenters. The van der Waals surface area contributed by atoms with Gasteiger partial charge in [0.05, 0.1) is 0 Å². The van der Waals surface area contributed by atoms with Crippen LogP contribution in [0.4, 0.5) is 0 Å². The molecule has 7 heteroatoms. The molecule has 2 aromatic heterocycles. The Morgan fingerprint density at radius 3 is 2.96 bits per heavy atom. The summed E-state index contributed by atoms with van der Waals surface area (Å²) in [4.78, 5) is 42.0. The Kier molecular flexibility index (Phi) is 4.83. The minimum atomic E-state index is -0.823. The van der Waals surface area contributed by atoms with E-state index in [1.807, 2.05) is 6.92 Å². The highest BCUT2D eigenvalue weighted by Crippen LogP contribution is 2.22. The lowest BCUT2D eigenvalue weighted by molar-refractivity contribution is -0.137. The van der Waals surface area contributed by atoms with E-state index in [2.05, 4.69) is 4.98 Å². The molecule has 1 aliphatic rings. The Morgan fingerprint density at radius 1 is 1.40 bits per heavy atom. The van der Waals surface area contributed by atoms with Crippen LogP contribution < -0.4 is 5.56 Å². The maximum Gasteiger partial charge on any atom is 0.303 e. The smallest absolute Gasteiger partial charge is 0.303 e. The maximum absolute atomic E-state index is 12.8. The van der Waals surface area contributed by atoms with Crippen LogP contribution in [0.3, 0.4) is 0 Å². The van der Waals surface area contributed by atoms with Crippen molar-refractivity contribution in [2.24, 2.45) is 5.92 Å². The monoisotopic (exact) mass is 343 g/mol. The molecular weight excluding hydrogens is 322 g/mol. The molecule has 2 aromatic rings. The number of rotatable bonds is 4. The summed E-state index contributed by atoms with van der Waals surface area (Å²) in [5.74, 6) is -0.990. The molecular formula is C18H21N3O4. The summed E-state index contributed by atoms with van der Waals surface area (Å²) in [5.41, 5.74) is 1.19. The zero-order chi connectivity index (χ0) is 18.0. The summed E-state index contributed by atoms with van der Waals surface area (Å²) in [7, 11) is 0. The lowest BCUT2D eigenvalue weighted by atomic mass is 9.93. The molecule has 0 saturated carbocycles. The summed E-state index contributed by atoms with van der Waals surface area (Å²) < 4.78 is 1.38. The molecule has 25 heavy (non-hydrogen) atoms. The van der Waals surface area contributed by atoms with Crippen LogP contribution in [0.25, 0.3) is 5.65 Å². The molecule has 1 aliphatic heterocycles. The maximum atomic E-state index is 12.8. The first kappa shape index (κ1) is 17.1. The van der Waals surface area contributed by atoms with Gasteiger partial charge in [-0.25, -0.2) is 4.98 Å². The molecule has 7 nitrogen and oxygen atoms in total. The van der Waals surface area contributed by atoms with Gasteiger partial charge in [0.25, 0.3) is 11.5 Å². The number of amides is 1. The molecule has 0 unspecified atom stereocenters. The van der Waals surface area contributed by atoms with Crippen LogP contribution in [0.5, 0.6) is 0 Å². The third-order valence-corrected chi connectivity index (χ3v) is 4.67. The summed E-state index contributed by atoms with van der Waals surface area (Å²) in [5, 5.41) is 8.82. The van der Waals surface area contributed by atoms with Crippen molar-refractivity contribution in [3.63, 3.8) is 0 Å². The molecule has 1 N–H and O–H groups in total. The number of hydrogen-bond acceptors (Lipinski definition) is 4. The van der Waals surface area contributed by atoms with Crippen molar-refractivity contribution in [3.05, 3.63) is 46.0 Å². The number of aliphatic carboxylic acids is 1. The number of carboxylic acid groups (broad SMARTS) is 1. The summed E-state index contributed by atoms with van der Waals surface area (Å²) in [6.45, 7) is 2.98. The van der Waals surface area contributed by atoms with E-state index < -0.39 is 5.97 Å². The molecule has 0 spiro atoms. The van der Waals surface area contributed by atoms with Gasteiger partial charge in [-0.3, -0.25) is 18.8 Å². The van der Waals surface area contributed by atoms with Gasteiger partial charge in [-0.2, -0.15) is 0 Å². The quantitative estimate of drug-likeness (QED) is 0.912. The van der Waals surface area contributed by atoms with Crippen LogP contribution in [0.15, 0.2) is 29.3 Å². The SMILES string of the molecule is Cc1ccn2c(=O)c(C(=O)N3CCC[C@@H](CCC(=O)O)C3)cnc2c1. The fourth-order valence-corrected chi connectivity index (χ4v) is 3.31. The van der Waals surface area contributed by atoms with Gasteiger partial charge >= 0.3 is 5.97 Å². The zero-order valence-electron chi connectivity index (χ0n) is 14.1. The fraction of sp³-hybridized carbons (Fsp3) is 0.444. The predicted molar refractivity (Wildman–Crippen MR) is 91.7 cm³/mol. The van der Waals surface area contributed by atoms with Crippen LogP contribution in [-0.2, 0) is 4.79 Å². The van der Waals surface area contributed by atoms with Crippen LogP contribution in [-0.4, -0.2) is 44.4 Å². The molecule has 1 saturated heterocycles. The number of aromatic nitrogens is 2. The van der Waals surface area contributed by atoms with E-state index in [0.717, 1.165) is 18.4 Å². The Labute approximate surface area is 144 Å². The molecule has 3 heterocycles. The number of hydrogen-bond donors (Lipinski definition) is 1. The van der Waals surface area contributed by atoms with Gasteiger partial charge in [0.1, 0.15) is 11.2 Å². The standard InChI is InChI=1S/C18H21N3O4/c1-12-6-8-21-15(9-12)19-10-14(18(21)25)17(24)20-7-2-3-13(11-20)4-5-16(22)23/h6,8-10,13H,2-5,7,11H2,1H3,(H,22,23)/t13-/m0/s1. The van der Waals surface area contributed by atoms with E-state index in [1.54, 1.807) is 23.2 Å². The van der Waals surface area contributed by atoms with Crippen molar-refractivity contribution in [2.45, 2.75) is 32.6 Å². The first-order valence-electron chi connectivity index (χ1n) is 8.45. The Hall–Kier alpha value is -2.70. The van der Waals surface area contributed by atoms with Gasteiger partial charge < -0.3 is 10.0 Å². The van der Waals surface area contributed by atoms with Gasteiger partial charge in [0.15, 0.2) is 0 Å². The van der Waals surface area contributed by atoms with Crippen LogP contribution in [0.1, 0.15) is 41.6 Å². The molecule has 1 fully saturated rings. The van der Waals surface area contributed by atoms with Crippen LogP contribution in [0, 0.1) is 12.8 Å². The van der Waals surface area contributed by atoms with Crippen LogP contribution >= 0.6 is 0 Å². The number of carbonyl (C=O) groups is 2. The molecule has 3 rings (SSSR count). The Morgan fingerprint density at radius 2 is 2.20 bits per heavy atom. The highest BCUT2D eigenvalue weighted by Gasteiger charge is 2.26. The third-order valence-electron chi connectivity index (χ3n) is 4.67. The van der Waals surface area contributed by atoms with E-state index in [1.165, 1.54) is 10.6 Å². The van der Waals surface area contributed by atoms with Crippen molar-refractivity contribution >= 4 is 17.5 Å². The highest BCUT2D eigenvalue weighted by molar-refractivity contribution is 5.93. The average molecular weight is 343 g/mol. The van der Waals surface area contributed by atoms with E-state index >= 15 is 0 Å². The molecule has 0 bridgehead atoms. The van der Waals surface area contributed by atoms with Gasteiger partial charge in [-0.05, 0) is 49.8 Å². The number of fused-ring (bicyclic) bond motifs is 1. The van der Waals surface area contributed by atoms with Crippen LogP contribution in [0.2, 0.25) is 0 Å². The Bertz CT molecular complexity index is 874. The van der Waals surface area contributed by atoms with E-state index in [9.17, 15) is 14.4 Å². The first-order chi connectivity index (χ1) is 12.0. The van der Waals surface area contributed by atoms with E-state index in [0.29, 0.717) is 25.2 Å². The van der Waals surface area contributed by atoms with Gasteiger partial charge in [0.2, 0.25) is 0 Å². The second kappa shape index (κ2) is 7.04. The lowest BCUT2D eigenvalue weighted by Crippen LogP contribution is -2.42. The third kappa shape index (κ3) is 3.70. The number of pyridine rings is 1. The first-order valence-corrected chi connectivity index (χ1v) is 8.45. The summed E-state index contributed by atoms with van der Waals surface area (Å²) in [6.07, 6.45) is 5.35. The van der Waals surface area contributed by atoms with E-state index in [4.69, 9.17) is 5.11 Å². The Balaban J connectivity index is 1.81. The number of nitrogens with zero attached hydrogens (tertiary/aromatic N) is 3. The number of aryl methyl sites for hydroxylation is 1. The topological polar surface area (TPSA) is 92.0 Å². The van der Waals surface area contributed by atoms with Gasteiger partial charge in [-0.1, -0.05) is 0 Å². The largest absolute Gasteiger partial charge is 0.481 e. The van der Waals surface area contributed by atoms with Gasteiger partial charge in [-0.15, -0.1) is 0 Å². The van der Waals surface area contributed by atoms with Crippen molar-refractivity contribution in [2.75, 3.05) is 13.1 Å². The van der Waals surface area contributed by atoms with E-state index in [-0.39, 0.29) is 29.4 Å². The summed E-state index contributed by atoms with van der Waals surface area (Å²) >= 11 is 0. The van der Waals surface area contributed by atoms with Crippen molar-refractivity contribution in [1.29, 1.82) is 0 Å². The number of carbonyl (C=O) groups excluding carboxylic acids is 1. The molecule has 0 aliphatic carbocycles. The zero-order valence-corrected chi connectivity index (χ0v) is 14.1.